The molecule has 0 aromatic carbocycles. The molecule has 1 aromatic rings. The van der Waals surface area contributed by atoms with Gasteiger partial charge in [-0.25, -0.2) is 9.78 Å². The molecule has 0 saturated carbocycles. The first kappa shape index (κ1) is 21.5. The Morgan fingerprint density at radius 3 is 2.48 bits per heavy atom. The lowest BCUT2D eigenvalue weighted by Crippen LogP contribution is -2.61. The number of aromatic nitrogens is 1. The van der Waals surface area contributed by atoms with E-state index in [9.17, 15) is 9.59 Å². The van der Waals surface area contributed by atoms with Crippen molar-refractivity contribution < 1.29 is 19.1 Å². The fourth-order valence-corrected chi connectivity index (χ4v) is 4.10. The van der Waals surface area contributed by atoms with Crippen LogP contribution in [0.1, 0.15) is 52.1 Å². The predicted molar refractivity (Wildman–Crippen MR) is 106 cm³/mol. The predicted octanol–water partition coefficient (Wildman–Crippen LogP) is 3.39. The molecular weight excluding hydrogens is 366 g/mol. The first-order valence-corrected chi connectivity index (χ1v) is 10.1. The quantitative estimate of drug-likeness (QED) is 0.725. The summed E-state index contributed by atoms with van der Waals surface area (Å²) >= 11 is 1.52. The maximum atomic E-state index is 12.5. The highest BCUT2D eigenvalue weighted by atomic mass is 32.1. The van der Waals surface area contributed by atoms with Crippen molar-refractivity contribution in [1.82, 2.24) is 9.88 Å². The standard InChI is InChI=1S/C19H31N3O4S/c1-8-25-15(23)11-14-13(2)20-16(27-14)21-9-10-22(19(6,7)12-21)17(24)26-18(3,4)5/h8-12H2,1-7H3. The minimum atomic E-state index is -0.515. The van der Waals surface area contributed by atoms with Crippen molar-refractivity contribution in [3.05, 3.63) is 10.6 Å². The number of thiazole rings is 1. The fourth-order valence-electron chi connectivity index (χ4n) is 3.03. The average molecular weight is 398 g/mol. The van der Waals surface area contributed by atoms with Crippen molar-refractivity contribution in [1.29, 1.82) is 0 Å². The van der Waals surface area contributed by atoms with Crippen LogP contribution in [0.3, 0.4) is 0 Å². The molecule has 1 saturated heterocycles. The Labute approximate surface area is 165 Å². The van der Waals surface area contributed by atoms with Crippen LogP contribution in [0.4, 0.5) is 9.93 Å². The summed E-state index contributed by atoms with van der Waals surface area (Å²) < 4.78 is 10.6. The minimum Gasteiger partial charge on any atom is -0.466 e. The van der Waals surface area contributed by atoms with Gasteiger partial charge in [0.15, 0.2) is 5.13 Å². The summed E-state index contributed by atoms with van der Waals surface area (Å²) in [7, 11) is 0. The molecule has 0 N–H and O–H groups in total. The average Bonchev–Trinajstić information content (AvgIpc) is 2.85. The fraction of sp³-hybridized carbons (Fsp3) is 0.737. The summed E-state index contributed by atoms with van der Waals surface area (Å²) in [6.45, 7) is 15.7. The largest absolute Gasteiger partial charge is 0.466 e. The van der Waals surface area contributed by atoms with E-state index in [2.05, 4.69) is 9.88 Å². The number of carbonyl (C=O) groups excluding carboxylic acids is 2. The van der Waals surface area contributed by atoms with Crippen LogP contribution in [0.25, 0.3) is 0 Å². The van der Waals surface area contributed by atoms with E-state index in [1.165, 1.54) is 11.3 Å². The molecule has 8 heteroatoms. The van der Waals surface area contributed by atoms with Crippen LogP contribution in [-0.2, 0) is 20.7 Å². The van der Waals surface area contributed by atoms with Crippen molar-refractivity contribution in [2.24, 2.45) is 0 Å². The molecule has 1 aliphatic heterocycles. The number of hydrogen-bond acceptors (Lipinski definition) is 7. The first-order chi connectivity index (χ1) is 12.4. The Bertz CT molecular complexity index is 694. The summed E-state index contributed by atoms with van der Waals surface area (Å²) in [5, 5.41) is 0.878. The third kappa shape index (κ3) is 5.57. The highest BCUT2D eigenvalue weighted by Crippen LogP contribution is 2.31. The number of anilines is 1. The molecule has 27 heavy (non-hydrogen) atoms. The van der Waals surface area contributed by atoms with Crippen LogP contribution >= 0.6 is 11.3 Å². The van der Waals surface area contributed by atoms with Crippen LogP contribution < -0.4 is 4.90 Å². The van der Waals surface area contributed by atoms with Crippen LogP contribution in [0, 0.1) is 6.92 Å². The van der Waals surface area contributed by atoms with Gasteiger partial charge in [0, 0.05) is 24.5 Å². The number of esters is 1. The zero-order valence-electron chi connectivity index (χ0n) is 17.4. The van der Waals surface area contributed by atoms with Gasteiger partial charge in [-0.05, 0) is 48.5 Å². The maximum absolute atomic E-state index is 12.5. The molecule has 0 aliphatic carbocycles. The number of aryl methyl sites for hydroxylation is 1. The van der Waals surface area contributed by atoms with Gasteiger partial charge in [-0.1, -0.05) is 0 Å². The van der Waals surface area contributed by atoms with Crippen molar-refractivity contribution in [2.45, 2.75) is 66.0 Å². The number of hydrogen-bond donors (Lipinski definition) is 0. The van der Waals surface area contributed by atoms with Gasteiger partial charge in [0.25, 0.3) is 0 Å². The molecule has 0 bridgehead atoms. The number of rotatable bonds is 4. The molecule has 0 radical (unpaired) electrons. The summed E-state index contributed by atoms with van der Waals surface area (Å²) in [6.07, 6.45) is -0.0380. The molecule has 7 nitrogen and oxygen atoms in total. The van der Waals surface area contributed by atoms with Crippen molar-refractivity contribution in [2.75, 3.05) is 31.1 Å². The Morgan fingerprint density at radius 1 is 1.26 bits per heavy atom. The highest BCUT2D eigenvalue weighted by Gasteiger charge is 2.39. The number of nitrogens with zero attached hydrogens (tertiary/aromatic N) is 3. The topological polar surface area (TPSA) is 72.0 Å². The van der Waals surface area contributed by atoms with E-state index in [0.717, 1.165) is 15.7 Å². The summed E-state index contributed by atoms with van der Waals surface area (Å²) in [4.78, 5) is 33.8. The third-order valence-corrected chi connectivity index (χ3v) is 5.50. The molecule has 1 fully saturated rings. The van der Waals surface area contributed by atoms with Crippen LogP contribution in [0.15, 0.2) is 0 Å². The number of piperazine rings is 1. The van der Waals surface area contributed by atoms with Gasteiger partial charge in [-0.3, -0.25) is 9.69 Å². The zero-order valence-corrected chi connectivity index (χ0v) is 18.2. The van der Waals surface area contributed by atoms with Gasteiger partial charge in [-0.15, -0.1) is 11.3 Å². The molecule has 1 aliphatic rings. The molecule has 2 heterocycles. The lowest BCUT2D eigenvalue weighted by Gasteiger charge is -2.46. The van der Waals surface area contributed by atoms with Gasteiger partial charge in [0.1, 0.15) is 5.60 Å². The monoisotopic (exact) mass is 397 g/mol. The third-order valence-electron chi connectivity index (χ3n) is 4.28. The summed E-state index contributed by atoms with van der Waals surface area (Å²) in [5.41, 5.74) is -0.0457. The van der Waals surface area contributed by atoms with E-state index in [-0.39, 0.29) is 24.0 Å². The van der Waals surface area contributed by atoms with Crippen LogP contribution in [-0.4, -0.2) is 59.3 Å². The van der Waals surface area contributed by atoms with Gasteiger partial charge in [0.05, 0.1) is 24.3 Å². The van der Waals surface area contributed by atoms with E-state index in [0.29, 0.717) is 26.2 Å². The summed E-state index contributed by atoms with van der Waals surface area (Å²) in [5.74, 6) is -0.231. The number of amides is 1. The second-order valence-electron chi connectivity index (χ2n) is 8.35. The van der Waals surface area contributed by atoms with E-state index in [1.807, 2.05) is 41.5 Å². The maximum Gasteiger partial charge on any atom is 0.410 e. The molecule has 152 valence electrons. The van der Waals surface area contributed by atoms with Gasteiger partial charge in [-0.2, -0.15) is 0 Å². The second-order valence-corrected chi connectivity index (χ2v) is 9.41. The molecule has 1 amide bonds. The van der Waals surface area contributed by atoms with Crippen LogP contribution in [0.5, 0.6) is 0 Å². The Morgan fingerprint density at radius 2 is 1.93 bits per heavy atom. The molecule has 0 unspecified atom stereocenters. The van der Waals surface area contributed by atoms with E-state index >= 15 is 0 Å². The number of carbonyl (C=O) groups is 2. The first-order valence-electron chi connectivity index (χ1n) is 9.30. The Hall–Kier alpha value is -1.83. The van der Waals surface area contributed by atoms with E-state index in [4.69, 9.17) is 9.47 Å². The van der Waals surface area contributed by atoms with E-state index < -0.39 is 5.60 Å². The van der Waals surface area contributed by atoms with Gasteiger partial charge < -0.3 is 14.4 Å². The van der Waals surface area contributed by atoms with Crippen LogP contribution in [0.2, 0.25) is 0 Å². The molecule has 0 spiro atoms. The normalized spacial score (nSPS) is 17.0. The minimum absolute atomic E-state index is 0.231. The second kappa shape index (κ2) is 8.04. The van der Waals surface area contributed by atoms with Crippen molar-refractivity contribution in [3.63, 3.8) is 0 Å². The smallest absolute Gasteiger partial charge is 0.410 e. The summed E-state index contributed by atoms with van der Waals surface area (Å²) in [6, 6.07) is 0. The Kier molecular flexibility index (Phi) is 6.39. The molecule has 0 atom stereocenters. The lowest BCUT2D eigenvalue weighted by molar-refractivity contribution is -0.142. The molecular formula is C19H31N3O4S. The van der Waals surface area contributed by atoms with Crippen molar-refractivity contribution in [3.8, 4) is 0 Å². The van der Waals surface area contributed by atoms with Gasteiger partial charge >= 0.3 is 12.1 Å². The van der Waals surface area contributed by atoms with Gasteiger partial charge in [0.2, 0.25) is 0 Å². The Balaban J connectivity index is 2.08. The zero-order chi connectivity index (χ0) is 20.4. The lowest BCUT2D eigenvalue weighted by atomic mass is 10.00. The molecule has 1 aromatic heterocycles. The van der Waals surface area contributed by atoms with Crippen molar-refractivity contribution >= 4 is 28.5 Å². The SMILES string of the molecule is CCOC(=O)Cc1sc(N2CCN(C(=O)OC(C)(C)C)C(C)(C)C2)nc1C. The number of ether oxygens (including phenoxy) is 2. The highest BCUT2D eigenvalue weighted by molar-refractivity contribution is 7.15. The molecule has 2 rings (SSSR count). The van der Waals surface area contributed by atoms with E-state index in [1.54, 1.807) is 11.8 Å².